The van der Waals surface area contributed by atoms with Gasteiger partial charge in [0.15, 0.2) is 11.6 Å². The molecule has 3 heterocycles. The largest absolute Gasteiger partial charge is 0.486 e. The van der Waals surface area contributed by atoms with Crippen LogP contribution in [-0.2, 0) is 81.0 Å². The molecule has 27 nitrogen and oxygen atoms in total. The lowest BCUT2D eigenvalue weighted by Gasteiger charge is -2.65. The average molecular weight is 1400 g/mol. The summed E-state index contributed by atoms with van der Waals surface area (Å²) in [5.74, 6) is -1.52. The Morgan fingerprint density at radius 2 is 1.25 bits per heavy atom. The third-order valence-corrected chi connectivity index (χ3v) is 20.4. The van der Waals surface area contributed by atoms with Crippen molar-refractivity contribution >= 4 is 58.1 Å². The van der Waals surface area contributed by atoms with Crippen LogP contribution in [0.2, 0.25) is 0 Å². The summed E-state index contributed by atoms with van der Waals surface area (Å²) in [6.45, 7) is 14.1. The summed E-state index contributed by atoms with van der Waals surface area (Å²) >= 11 is 0. The first-order valence-electron chi connectivity index (χ1n) is 35.7. The predicted molar refractivity (Wildman–Crippen MR) is 359 cm³/mol. The number of ketones is 2. The number of ether oxygens (including phenoxy) is 10. The highest BCUT2D eigenvalue weighted by molar-refractivity contribution is 6.01. The van der Waals surface area contributed by atoms with Gasteiger partial charge in [0.1, 0.15) is 36.7 Å². The quantitative estimate of drug-likeness (QED) is 0.0176. The molecule has 0 radical (unpaired) electrons. The van der Waals surface area contributed by atoms with Gasteiger partial charge in [-0.25, -0.2) is 14.4 Å². The maximum Gasteiger partial charge on any atom is 0.347 e. The third kappa shape index (κ3) is 24.3. The highest BCUT2D eigenvalue weighted by atomic mass is 16.7. The van der Waals surface area contributed by atoms with E-state index in [0.717, 1.165) is 95.8 Å². The number of amides is 4. The maximum atomic E-state index is 12.6. The zero-order valence-corrected chi connectivity index (χ0v) is 58.5. The lowest BCUT2D eigenvalue weighted by atomic mass is 9.42. The number of aliphatic hydroxyl groups is 2. The molecule has 3 unspecified atom stereocenters. The number of imide groups is 1. The van der Waals surface area contributed by atoms with Crippen LogP contribution in [0.1, 0.15) is 160 Å². The molecular weight excluding hydrogens is 1290 g/mol. The van der Waals surface area contributed by atoms with E-state index >= 15 is 0 Å². The van der Waals surface area contributed by atoms with Crippen molar-refractivity contribution in [3.63, 3.8) is 0 Å². The number of carbonyl (C=O) groups is 8. The van der Waals surface area contributed by atoms with E-state index in [4.69, 9.17) is 56.6 Å². The molecule has 2 aromatic rings. The molecule has 5 N–H and O–H groups in total. The molecular formula is C72H108N4O23. The molecule has 1 aromatic heterocycles. The van der Waals surface area contributed by atoms with Crippen LogP contribution in [-0.4, -0.2) is 219 Å². The molecule has 4 amide bonds. The standard InChI is InChI=1S/C43H73N3O10.C29H35NO13/c1-41-15-13-33(27-32(41)11-12-35-36(41)28-37(47)42(2)34(14-16-43(35,42)51)31-26-40(50)56-29-31)55-30-39(49)46-18-7-5-4-6-10-38(48)45-19-9-21-53-23-25-54-24-22-52-20-8-17-44-3;1-20(31)24-17-21-4-5-23(18-25(21)42-29(24)36)41-19-22(32)3-2-9-37-11-13-39-15-16-40-14-12-38-10-8-28(35)43-30-26(33)6-7-27(30)34/h26,32-37,44,47,51H,4-25,27-30H2,1-3H3,(H,45,48)(H,46,49);4-5,17-18H,2-3,6-16,19H2,1H3/t32?,33-,34+,35?,36?,37+,41-,42-,43-;/m0./s1. The minimum atomic E-state index is -0.976. The number of hydroxylamine groups is 2. The minimum Gasteiger partial charge on any atom is -0.486 e. The van der Waals surface area contributed by atoms with Crippen molar-refractivity contribution in [3.8, 4) is 5.75 Å². The van der Waals surface area contributed by atoms with E-state index in [1.165, 1.54) is 19.1 Å². The molecule has 4 aliphatic carbocycles. The van der Waals surface area contributed by atoms with Gasteiger partial charge in [-0.3, -0.25) is 28.8 Å². The number of hydrogen-bond donors (Lipinski definition) is 5. The fourth-order valence-electron chi connectivity index (χ4n) is 14.9. The van der Waals surface area contributed by atoms with Crippen molar-refractivity contribution < 1.29 is 105 Å². The van der Waals surface area contributed by atoms with Crippen molar-refractivity contribution in [1.29, 1.82) is 0 Å². The van der Waals surface area contributed by atoms with Crippen LogP contribution in [0.25, 0.3) is 11.0 Å². The number of cyclic esters (lactones) is 1. The lowest BCUT2D eigenvalue weighted by molar-refractivity contribution is -0.245. The normalized spacial score (nSPS) is 24.7. The first-order valence-corrected chi connectivity index (χ1v) is 35.7. The summed E-state index contributed by atoms with van der Waals surface area (Å²) in [6.07, 6.45) is 14.3. The van der Waals surface area contributed by atoms with E-state index in [9.17, 15) is 53.4 Å². The first kappa shape index (κ1) is 80.2. The fraction of sp³-hybridized carbons (Fsp3) is 0.736. The average Bonchev–Trinajstić information content (AvgIpc) is 1.65. The van der Waals surface area contributed by atoms with Gasteiger partial charge in [0.2, 0.25) is 11.8 Å². The number of hydrogen-bond acceptors (Lipinski definition) is 24. The topological polar surface area (TPSA) is 348 Å². The monoisotopic (exact) mass is 1400 g/mol. The van der Waals surface area contributed by atoms with Crippen molar-refractivity contribution in [1.82, 2.24) is 21.0 Å². The van der Waals surface area contributed by atoms with Crippen LogP contribution in [0.4, 0.5) is 0 Å². The van der Waals surface area contributed by atoms with Gasteiger partial charge in [0.05, 0.1) is 96.9 Å². The lowest BCUT2D eigenvalue weighted by Crippen LogP contribution is -2.67. The van der Waals surface area contributed by atoms with E-state index in [2.05, 4.69) is 22.9 Å². The number of unbranched alkanes of at least 4 members (excludes halogenated alkanes) is 3. The van der Waals surface area contributed by atoms with Gasteiger partial charge in [-0.2, -0.15) is 0 Å². The minimum absolute atomic E-state index is 0.000535. The van der Waals surface area contributed by atoms with Crippen LogP contribution < -0.4 is 26.3 Å². The predicted octanol–water partition coefficient (Wildman–Crippen LogP) is 5.62. The number of Topliss-reactive ketones (excluding diaryl/α,β-unsaturated/α-hetero) is 2. The molecule has 9 atom stereocenters. The van der Waals surface area contributed by atoms with E-state index in [1.807, 2.05) is 14.0 Å². The third-order valence-electron chi connectivity index (χ3n) is 20.4. The Bertz CT molecular complexity index is 3020. The Kier molecular flexibility index (Phi) is 33.8. The molecule has 27 heteroatoms. The fourth-order valence-corrected chi connectivity index (χ4v) is 14.9. The number of carbonyl (C=O) groups excluding carboxylic acids is 8. The Morgan fingerprint density at radius 3 is 1.90 bits per heavy atom. The molecule has 5 fully saturated rings. The van der Waals surface area contributed by atoms with Gasteiger partial charge in [-0.05, 0) is 157 Å². The van der Waals surface area contributed by atoms with Gasteiger partial charge in [-0.15, -0.1) is 5.06 Å². The summed E-state index contributed by atoms with van der Waals surface area (Å²) in [6, 6.07) is 6.26. The number of fused-ring (bicyclic) bond motifs is 6. The van der Waals surface area contributed by atoms with E-state index in [-0.39, 0.29) is 128 Å². The zero-order chi connectivity index (χ0) is 71.1. The zero-order valence-electron chi connectivity index (χ0n) is 58.5. The molecule has 0 spiro atoms. The van der Waals surface area contributed by atoms with E-state index in [1.54, 1.807) is 18.2 Å². The van der Waals surface area contributed by atoms with Crippen molar-refractivity contribution in [2.24, 2.45) is 34.5 Å². The van der Waals surface area contributed by atoms with Gasteiger partial charge in [0, 0.05) is 81.5 Å². The Balaban J connectivity index is 0.000000289. The summed E-state index contributed by atoms with van der Waals surface area (Å²) in [5.41, 5.74) is -1.23. The van der Waals surface area contributed by atoms with Crippen LogP contribution in [0.3, 0.4) is 0 Å². The molecule has 2 aliphatic heterocycles. The van der Waals surface area contributed by atoms with Crippen LogP contribution >= 0.6 is 0 Å². The van der Waals surface area contributed by atoms with Gasteiger partial charge in [-0.1, -0.05) is 26.7 Å². The molecule has 99 heavy (non-hydrogen) atoms. The molecule has 4 saturated carbocycles. The van der Waals surface area contributed by atoms with Gasteiger partial charge in [0.25, 0.3) is 11.8 Å². The van der Waals surface area contributed by atoms with Crippen LogP contribution in [0.15, 0.2) is 45.1 Å². The van der Waals surface area contributed by atoms with Crippen molar-refractivity contribution in [2.75, 3.05) is 139 Å². The number of esters is 1. The maximum absolute atomic E-state index is 12.6. The summed E-state index contributed by atoms with van der Waals surface area (Å²) < 4.78 is 60.1. The van der Waals surface area contributed by atoms with Crippen LogP contribution in [0, 0.1) is 34.5 Å². The molecule has 554 valence electrons. The highest BCUT2D eigenvalue weighted by Gasteiger charge is 2.71. The van der Waals surface area contributed by atoms with Crippen molar-refractivity contribution in [2.45, 2.75) is 167 Å². The first-order chi connectivity index (χ1) is 47.8. The molecule has 6 aliphatic rings. The molecule has 1 saturated heterocycles. The van der Waals surface area contributed by atoms with E-state index in [0.29, 0.717) is 134 Å². The summed E-state index contributed by atoms with van der Waals surface area (Å²) in [5, 5.41) is 34.4. The SMILES string of the molecule is CC(=O)c1cc2ccc(OCC(=O)CCCOCCOCCOCCOCCC(=O)ON3C(=O)CCC3=O)cc2oc1=O.CNCCCOCCOCCOCCCNC(=O)CCCCCCNC(=O)CO[C@H]1CC[C@@]2(C)C(CCC3C2C[C@@H](O)[C@]2(C)[C@@H](C4=CC(=O)OC4)CC[C@]32O)C1. The van der Waals surface area contributed by atoms with Crippen molar-refractivity contribution in [3.05, 3.63) is 51.9 Å². The smallest absolute Gasteiger partial charge is 0.347 e. The number of aliphatic hydroxyl groups excluding tert-OH is 1. The number of nitrogens with zero attached hydrogens (tertiary/aromatic N) is 1. The second-order valence-electron chi connectivity index (χ2n) is 27.0. The summed E-state index contributed by atoms with van der Waals surface area (Å²) in [7, 11) is 1.93. The van der Waals surface area contributed by atoms with E-state index < -0.39 is 40.5 Å². The molecule has 8 rings (SSSR count). The number of rotatable bonds is 46. The van der Waals surface area contributed by atoms with Gasteiger partial charge >= 0.3 is 17.6 Å². The number of benzene rings is 1. The molecule has 0 bridgehead atoms. The molecule has 1 aromatic carbocycles. The number of nitrogens with one attached hydrogen (secondary N) is 3. The Labute approximate surface area is 580 Å². The van der Waals surface area contributed by atoms with Crippen LogP contribution in [0.5, 0.6) is 5.75 Å². The Hall–Kier alpha value is -6.11. The summed E-state index contributed by atoms with van der Waals surface area (Å²) in [4.78, 5) is 111. The highest BCUT2D eigenvalue weighted by Crippen LogP contribution is 2.70. The van der Waals surface area contributed by atoms with Gasteiger partial charge < -0.3 is 82.8 Å². The second kappa shape index (κ2) is 41.7. The second-order valence-corrected chi connectivity index (χ2v) is 27.0. The Morgan fingerprint density at radius 1 is 0.636 bits per heavy atom.